The first-order valence-electron chi connectivity index (χ1n) is 7.24. The van der Waals surface area contributed by atoms with Crippen molar-refractivity contribution in [1.29, 1.82) is 0 Å². The van der Waals surface area contributed by atoms with Gasteiger partial charge in [0.2, 0.25) is 5.91 Å². The first kappa shape index (κ1) is 16.7. The van der Waals surface area contributed by atoms with Gasteiger partial charge in [0.05, 0.1) is 0 Å². The third kappa shape index (κ3) is 5.72. The van der Waals surface area contributed by atoms with Crippen LogP contribution in [0.4, 0.5) is 5.69 Å². The molecule has 1 aromatic rings. The number of rotatable bonds is 7. The molecule has 1 aromatic carbocycles. The third-order valence-electron chi connectivity index (χ3n) is 3.20. The summed E-state index contributed by atoms with van der Waals surface area (Å²) in [5.41, 5.74) is 7.42. The minimum atomic E-state index is -0.488. The summed E-state index contributed by atoms with van der Waals surface area (Å²) in [6, 6.07) is 7.94. The van der Waals surface area contributed by atoms with Crippen molar-refractivity contribution in [2.45, 2.75) is 46.2 Å². The molecule has 4 nitrogen and oxygen atoms in total. The van der Waals surface area contributed by atoms with Gasteiger partial charge in [-0.2, -0.15) is 0 Å². The minimum absolute atomic E-state index is 0.0375. The lowest BCUT2D eigenvalue weighted by atomic mass is 10.0. The Balaban J connectivity index is 2.77. The lowest BCUT2D eigenvalue weighted by molar-refractivity contribution is -0.117. The largest absolute Gasteiger partial charge is 0.326 e. The van der Waals surface area contributed by atoms with Crippen LogP contribution in [0.15, 0.2) is 24.3 Å². The summed E-state index contributed by atoms with van der Waals surface area (Å²) < 4.78 is 0. The highest BCUT2D eigenvalue weighted by molar-refractivity contribution is 5.92. The average molecular weight is 277 g/mol. The molecule has 0 fully saturated rings. The van der Waals surface area contributed by atoms with Crippen LogP contribution in [-0.2, 0) is 11.3 Å². The second-order valence-electron chi connectivity index (χ2n) is 5.83. The summed E-state index contributed by atoms with van der Waals surface area (Å²) in [4.78, 5) is 14.3. The molecule has 0 radical (unpaired) electrons. The van der Waals surface area contributed by atoms with Gasteiger partial charge in [-0.25, -0.2) is 0 Å². The molecule has 0 saturated carbocycles. The van der Waals surface area contributed by atoms with Gasteiger partial charge in [0.1, 0.15) is 0 Å². The van der Waals surface area contributed by atoms with Crippen molar-refractivity contribution in [1.82, 2.24) is 4.90 Å². The number of nitrogens with two attached hydrogens (primary N) is 1. The van der Waals surface area contributed by atoms with Crippen LogP contribution in [0.1, 0.15) is 39.7 Å². The molecule has 112 valence electrons. The molecule has 0 spiro atoms. The standard InChI is InChI=1S/C16H27N3O/c1-5-19(6-2)12-13-9-7-8-10-14(13)18-15(20)11-16(3,4)17/h7-10H,5-6,11-12,17H2,1-4H3,(H,18,20). The van der Waals surface area contributed by atoms with Gasteiger partial charge in [0, 0.05) is 24.2 Å². The number of anilines is 1. The predicted octanol–water partition coefficient (Wildman–Crippen LogP) is 2.59. The Morgan fingerprint density at radius 3 is 2.40 bits per heavy atom. The van der Waals surface area contributed by atoms with E-state index in [1.54, 1.807) is 0 Å². The second kappa shape index (κ2) is 7.41. The van der Waals surface area contributed by atoms with Gasteiger partial charge in [0.15, 0.2) is 0 Å². The van der Waals surface area contributed by atoms with Crippen LogP contribution in [0.2, 0.25) is 0 Å². The van der Waals surface area contributed by atoms with Crippen molar-refractivity contribution in [3.8, 4) is 0 Å². The van der Waals surface area contributed by atoms with Gasteiger partial charge in [-0.15, -0.1) is 0 Å². The van der Waals surface area contributed by atoms with E-state index in [-0.39, 0.29) is 5.91 Å². The van der Waals surface area contributed by atoms with Crippen LogP contribution in [0.3, 0.4) is 0 Å². The molecule has 0 aliphatic rings. The van der Waals surface area contributed by atoms with Crippen molar-refractivity contribution < 1.29 is 4.79 Å². The maximum atomic E-state index is 12.0. The van der Waals surface area contributed by atoms with Gasteiger partial charge in [-0.05, 0) is 38.6 Å². The molecule has 4 heteroatoms. The van der Waals surface area contributed by atoms with E-state index in [1.807, 2.05) is 32.0 Å². The van der Waals surface area contributed by atoms with E-state index in [1.165, 1.54) is 0 Å². The Kier molecular flexibility index (Phi) is 6.17. The summed E-state index contributed by atoms with van der Waals surface area (Å²) in [5, 5.41) is 2.98. The zero-order valence-electron chi connectivity index (χ0n) is 13.1. The summed E-state index contributed by atoms with van der Waals surface area (Å²) in [6.07, 6.45) is 0.312. The van der Waals surface area contributed by atoms with Gasteiger partial charge in [-0.3, -0.25) is 9.69 Å². The van der Waals surface area contributed by atoms with Gasteiger partial charge in [-0.1, -0.05) is 32.0 Å². The van der Waals surface area contributed by atoms with E-state index in [0.717, 1.165) is 30.9 Å². The minimum Gasteiger partial charge on any atom is -0.326 e. The number of nitrogens with zero attached hydrogens (tertiary/aromatic N) is 1. The fraction of sp³-hybridized carbons (Fsp3) is 0.562. The molecule has 0 atom stereocenters. The lowest BCUT2D eigenvalue weighted by Crippen LogP contribution is -2.36. The first-order chi connectivity index (χ1) is 9.35. The number of amides is 1. The van der Waals surface area contributed by atoms with Crippen LogP contribution in [0.5, 0.6) is 0 Å². The Labute approximate surface area is 122 Å². The lowest BCUT2D eigenvalue weighted by Gasteiger charge is -2.21. The van der Waals surface area contributed by atoms with Gasteiger partial charge < -0.3 is 11.1 Å². The monoisotopic (exact) mass is 277 g/mol. The van der Waals surface area contributed by atoms with Crippen molar-refractivity contribution in [2.75, 3.05) is 18.4 Å². The number of carbonyl (C=O) groups is 1. The van der Waals surface area contributed by atoms with E-state index in [9.17, 15) is 4.79 Å². The summed E-state index contributed by atoms with van der Waals surface area (Å²) >= 11 is 0. The van der Waals surface area contributed by atoms with E-state index in [0.29, 0.717) is 6.42 Å². The molecule has 1 rings (SSSR count). The average Bonchev–Trinajstić information content (AvgIpc) is 2.35. The van der Waals surface area contributed by atoms with Crippen molar-refractivity contribution in [2.24, 2.45) is 5.73 Å². The third-order valence-corrected chi connectivity index (χ3v) is 3.20. The van der Waals surface area contributed by atoms with E-state index in [4.69, 9.17) is 5.73 Å². The van der Waals surface area contributed by atoms with Crippen LogP contribution < -0.4 is 11.1 Å². The zero-order chi connectivity index (χ0) is 15.2. The number of nitrogens with one attached hydrogen (secondary N) is 1. The highest BCUT2D eigenvalue weighted by Crippen LogP contribution is 2.18. The Morgan fingerprint density at radius 2 is 1.85 bits per heavy atom. The van der Waals surface area contributed by atoms with E-state index < -0.39 is 5.54 Å². The molecule has 0 aromatic heterocycles. The summed E-state index contributed by atoms with van der Waals surface area (Å²) in [7, 11) is 0. The van der Waals surface area contributed by atoms with Crippen LogP contribution in [-0.4, -0.2) is 29.4 Å². The molecule has 0 unspecified atom stereocenters. The molecule has 3 N–H and O–H groups in total. The molecule has 20 heavy (non-hydrogen) atoms. The molecular weight excluding hydrogens is 250 g/mol. The normalized spacial score (nSPS) is 11.7. The molecule has 1 amide bonds. The SMILES string of the molecule is CCN(CC)Cc1ccccc1NC(=O)CC(C)(C)N. The van der Waals surface area contributed by atoms with Crippen LogP contribution in [0.25, 0.3) is 0 Å². The van der Waals surface area contributed by atoms with Gasteiger partial charge >= 0.3 is 0 Å². The van der Waals surface area contributed by atoms with Gasteiger partial charge in [0.25, 0.3) is 0 Å². The number of benzene rings is 1. The van der Waals surface area contributed by atoms with Crippen LogP contribution >= 0.6 is 0 Å². The quantitative estimate of drug-likeness (QED) is 0.805. The van der Waals surface area contributed by atoms with Crippen molar-refractivity contribution in [3.63, 3.8) is 0 Å². The Hall–Kier alpha value is -1.39. The Morgan fingerprint density at radius 1 is 1.25 bits per heavy atom. The molecule has 0 heterocycles. The highest BCUT2D eigenvalue weighted by atomic mass is 16.1. The fourth-order valence-electron chi connectivity index (χ4n) is 2.08. The van der Waals surface area contributed by atoms with E-state index in [2.05, 4.69) is 30.1 Å². The molecular formula is C16H27N3O. The Bertz CT molecular complexity index is 434. The number of carbonyl (C=O) groups excluding carboxylic acids is 1. The maximum Gasteiger partial charge on any atom is 0.226 e. The number of para-hydroxylation sites is 1. The predicted molar refractivity (Wildman–Crippen MR) is 84.6 cm³/mol. The van der Waals surface area contributed by atoms with Crippen molar-refractivity contribution in [3.05, 3.63) is 29.8 Å². The highest BCUT2D eigenvalue weighted by Gasteiger charge is 2.17. The van der Waals surface area contributed by atoms with E-state index >= 15 is 0 Å². The molecule has 0 bridgehead atoms. The maximum absolute atomic E-state index is 12.0. The second-order valence-corrected chi connectivity index (χ2v) is 5.83. The van der Waals surface area contributed by atoms with Crippen LogP contribution in [0, 0.1) is 0 Å². The first-order valence-corrected chi connectivity index (χ1v) is 7.24. The molecule has 0 aliphatic heterocycles. The smallest absolute Gasteiger partial charge is 0.226 e. The van der Waals surface area contributed by atoms with Crippen molar-refractivity contribution >= 4 is 11.6 Å². The number of hydrogen-bond acceptors (Lipinski definition) is 3. The number of hydrogen-bond donors (Lipinski definition) is 2. The summed E-state index contributed by atoms with van der Waals surface area (Å²) in [6.45, 7) is 10.8. The fourth-order valence-corrected chi connectivity index (χ4v) is 2.08. The topological polar surface area (TPSA) is 58.4 Å². The molecule has 0 saturated heterocycles. The summed E-state index contributed by atoms with van der Waals surface area (Å²) in [5.74, 6) is -0.0375. The zero-order valence-corrected chi connectivity index (χ0v) is 13.1. The molecule has 0 aliphatic carbocycles.